The molecule has 0 N–H and O–H groups in total. The largest absolute Gasteiger partial charge is 0.298 e. The maximum Gasteiger partial charge on any atom is 0.151 e. The van der Waals surface area contributed by atoms with Gasteiger partial charge < -0.3 is 0 Å². The molecule has 0 aliphatic carbocycles. The van der Waals surface area contributed by atoms with E-state index in [1.807, 2.05) is 30.3 Å². The van der Waals surface area contributed by atoms with E-state index in [-0.39, 0.29) is 0 Å². The van der Waals surface area contributed by atoms with Crippen molar-refractivity contribution in [1.82, 2.24) is 4.90 Å². The highest BCUT2D eigenvalue weighted by Gasteiger charge is 2.20. The minimum Gasteiger partial charge on any atom is -0.298 e. The highest BCUT2D eigenvalue weighted by molar-refractivity contribution is 5.82. The lowest BCUT2D eigenvalue weighted by Crippen LogP contribution is -2.25. The minimum absolute atomic E-state index is 0.291. The van der Waals surface area contributed by atoms with Crippen molar-refractivity contribution >= 4 is 5.78 Å². The molecular weight excluding hydrogens is 234 g/mol. The molecule has 0 atom stereocenters. The third kappa shape index (κ3) is 2.91. The summed E-state index contributed by atoms with van der Waals surface area (Å²) in [4.78, 5) is 14.3. The van der Waals surface area contributed by atoms with Gasteiger partial charge in [0.05, 0.1) is 6.54 Å². The molecule has 1 heterocycles. The van der Waals surface area contributed by atoms with Gasteiger partial charge in [0.2, 0.25) is 0 Å². The Balaban J connectivity index is 1.58. The van der Waals surface area contributed by atoms with E-state index in [2.05, 4.69) is 29.2 Å². The zero-order chi connectivity index (χ0) is 13.1. The van der Waals surface area contributed by atoms with E-state index in [1.54, 1.807) is 0 Å². The van der Waals surface area contributed by atoms with Crippen LogP contribution in [-0.2, 0) is 24.3 Å². The summed E-state index contributed by atoms with van der Waals surface area (Å²) in [6.45, 7) is 2.34. The number of fused-ring (bicyclic) bond motifs is 1. The summed E-state index contributed by atoms with van der Waals surface area (Å²) in [5.41, 5.74) is 3.81. The standard InChI is InChI=1S/C17H17NO/c19-17(10-14-6-2-1-3-7-14)13-18-11-15-8-4-5-9-16(15)12-18/h1-9H,10-13H2. The Labute approximate surface area is 113 Å². The first-order valence-corrected chi connectivity index (χ1v) is 6.66. The van der Waals surface area contributed by atoms with Gasteiger partial charge in [-0.15, -0.1) is 0 Å². The number of nitrogens with zero attached hydrogens (tertiary/aromatic N) is 1. The van der Waals surface area contributed by atoms with Crippen molar-refractivity contribution in [2.24, 2.45) is 0 Å². The molecule has 0 unspecified atom stereocenters. The fraction of sp³-hybridized carbons (Fsp3) is 0.235. The van der Waals surface area contributed by atoms with Gasteiger partial charge in [0.1, 0.15) is 0 Å². The number of Topliss-reactive ketones (excluding diaryl/α,β-unsaturated/α-hetero) is 1. The highest BCUT2D eigenvalue weighted by atomic mass is 16.1. The average molecular weight is 251 g/mol. The predicted octanol–water partition coefficient (Wildman–Crippen LogP) is 2.81. The van der Waals surface area contributed by atoms with E-state index in [9.17, 15) is 4.79 Å². The molecule has 2 aromatic rings. The molecule has 0 bridgehead atoms. The molecule has 0 amide bonds. The summed E-state index contributed by atoms with van der Waals surface area (Å²) in [6.07, 6.45) is 0.535. The van der Waals surface area contributed by atoms with Gasteiger partial charge >= 0.3 is 0 Å². The van der Waals surface area contributed by atoms with Crippen LogP contribution in [0.3, 0.4) is 0 Å². The van der Waals surface area contributed by atoms with Crippen LogP contribution in [0.5, 0.6) is 0 Å². The molecule has 2 aromatic carbocycles. The molecule has 96 valence electrons. The third-order valence-electron chi connectivity index (χ3n) is 3.55. The molecule has 3 rings (SSSR count). The van der Waals surface area contributed by atoms with Crippen molar-refractivity contribution in [2.45, 2.75) is 19.5 Å². The van der Waals surface area contributed by atoms with Crippen molar-refractivity contribution < 1.29 is 4.79 Å². The second-order valence-corrected chi connectivity index (χ2v) is 5.11. The van der Waals surface area contributed by atoms with Crippen molar-refractivity contribution in [1.29, 1.82) is 0 Å². The first-order valence-electron chi connectivity index (χ1n) is 6.66. The molecule has 0 radical (unpaired) electrons. The maximum atomic E-state index is 12.1. The number of carbonyl (C=O) groups is 1. The Hall–Kier alpha value is -1.93. The van der Waals surface area contributed by atoms with Crippen LogP contribution in [0.15, 0.2) is 54.6 Å². The molecular formula is C17H17NO. The first kappa shape index (κ1) is 12.1. The van der Waals surface area contributed by atoms with Gasteiger partial charge in [-0.3, -0.25) is 9.69 Å². The fourth-order valence-electron chi connectivity index (χ4n) is 2.64. The van der Waals surface area contributed by atoms with Crippen LogP contribution in [0.2, 0.25) is 0 Å². The second kappa shape index (κ2) is 5.37. The Morgan fingerprint density at radius 3 is 2.11 bits per heavy atom. The Kier molecular flexibility index (Phi) is 3.43. The van der Waals surface area contributed by atoms with Crippen LogP contribution in [0.25, 0.3) is 0 Å². The molecule has 2 nitrogen and oxygen atoms in total. The van der Waals surface area contributed by atoms with E-state index in [0.717, 1.165) is 18.7 Å². The fourth-order valence-corrected chi connectivity index (χ4v) is 2.64. The summed E-state index contributed by atoms with van der Waals surface area (Å²) >= 11 is 0. The second-order valence-electron chi connectivity index (χ2n) is 5.11. The summed E-state index contributed by atoms with van der Waals surface area (Å²) in [7, 11) is 0. The molecule has 0 spiro atoms. The zero-order valence-electron chi connectivity index (χ0n) is 10.9. The van der Waals surface area contributed by atoms with E-state index >= 15 is 0 Å². The summed E-state index contributed by atoms with van der Waals surface area (Å²) in [6, 6.07) is 18.4. The molecule has 0 saturated heterocycles. The minimum atomic E-state index is 0.291. The molecule has 2 heteroatoms. The summed E-state index contributed by atoms with van der Waals surface area (Å²) in [5, 5.41) is 0. The average Bonchev–Trinajstić information content (AvgIpc) is 2.81. The lowest BCUT2D eigenvalue weighted by atomic mass is 10.1. The molecule has 0 fully saturated rings. The molecule has 0 aromatic heterocycles. The number of ketones is 1. The van der Waals surface area contributed by atoms with E-state index in [4.69, 9.17) is 0 Å². The maximum absolute atomic E-state index is 12.1. The van der Waals surface area contributed by atoms with Crippen LogP contribution in [0, 0.1) is 0 Å². The Morgan fingerprint density at radius 2 is 1.47 bits per heavy atom. The van der Waals surface area contributed by atoms with Gasteiger partial charge in [-0.05, 0) is 16.7 Å². The van der Waals surface area contributed by atoms with Crippen LogP contribution >= 0.6 is 0 Å². The first-order chi connectivity index (χ1) is 9.31. The monoisotopic (exact) mass is 251 g/mol. The van der Waals surface area contributed by atoms with Gasteiger partial charge in [0.25, 0.3) is 0 Å². The zero-order valence-corrected chi connectivity index (χ0v) is 10.9. The quantitative estimate of drug-likeness (QED) is 0.832. The van der Waals surface area contributed by atoms with Gasteiger partial charge in [-0.1, -0.05) is 54.6 Å². The van der Waals surface area contributed by atoms with Gasteiger partial charge in [-0.2, -0.15) is 0 Å². The van der Waals surface area contributed by atoms with Crippen molar-refractivity contribution in [3.8, 4) is 0 Å². The third-order valence-corrected chi connectivity index (χ3v) is 3.55. The number of hydrogen-bond acceptors (Lipinski definition) is 2. The smallest absolute Gasteiger partial charge is 0.151 e. The molecule has 0 saturated carbocycles. The molecule has 19 heavy (non-hydrogen) atoms. The van der Waals surface area contributed by atoms with Gasteiger partial charge in [0, 0.05) is 19.5 Å². The number of rotatable bonds is 4. The van der Waals surface area contributed by atoms with Crippen molar-refractivity contribution in [3.05, 3.63) is 71.3 Å². The number of hydrogen-bond donors (Lipinski definition) is 0. The van der Waals surface area contributed by atoms with Crippen LogP contribution in [0.4, 0.5) is 0 Å². The highest BCUT2D eigenvalue weighted by Crippen LogP contribution is 2.21. The van der Waals surface area contributed by atoms with E-state index in [1.165, 1.54) is 11.1 Å². The van der Waals surface area contributed by atoms with Gasteiger partial charge in [-0.25, -0.2) is 0 Å². The van der Waals surface area contributed by atoms with Crippen LogP contribution < -0.4 is 0 Å². The topological polar surface area (TPSA) is 20.3 Å². The number of carbonyl (C=O) groups excluding carboxylic acids is 1. The SMILES string of the molecule is O=C(Cc1ccccc1)CN1Cc2ccccc2C1. The lowest BCUT2D eigenvalue weighted by Gasteiger charge is -2.13. The van der Waals surface area contributed by atoms with Gasteiger partial charge in [0.15, 0.2) is 5.78 Å². The Morgan fingerprint density at radius 1 is 0.895 bits per heavy atom. The normalized spacial score (nSPS) is 14.3. The molecule has 1 aliphatic heterocycles. The summed E-state index contributed by atoms with van der Waals surface area (Å²) < 4.78 is 0. The van der Waals surface area contributed by atoms with Crippen molar-refractivity contribution in [2.75, 3.05) is 6.54 Å². The van der Waals surface area contributed by atoms with Crippen molar-refractivity contribution in [3.63, 3.8) is 0 Å². The lowest BCUT2D eigenvalue weighted by molar-refractivity contribution is -0.119. The molecule has 1 aliphatic rings. The van der Waals surface area contributed by atoms with E-state index in [0.29, 0.717) is 18.7 Å². The van der Waals surface area contributed by atoms with E-state index < -0.39 is 0 Å². The predicted molar refractivity (Wildman–Crippen MR) is 75.7 cm³/mol. The number of benzene rings is 2. The van der Waals surface area contributed by atoms with Crippen LogP contribution in [0.1, 0.15) is 16.7 Å². The summed E-state index contributed by atoms with van der Waals surface area (Å²) in [5.74, 6) is 0.291. The Bertz CT molecular complexity index is 552. The van der Waals surface area contributed by atoms with Crippen LogP contribution in [-0.4, -0.2) is 17.2 Å².